The molecule has 0 aliphatic heterocycles. The van der Waals surface area contributed by atoms with Crippen molar-refractivity contribution in [2.45, 2.75) is 52.4 Å². The van der Waals surface area contributed by atoms with Crippen LogP contribution in [0.1, 0.15) is 52.4 Å². The van der Waals surface area contributed by atoms with Crippen molar-refractivity contribution in [2.75, 3.05) is 0 Å². The highest BCUT2D eigenvalue weighted by molar-refractivity contribution is 5.77. The Morgan fingerprint density at radius 1 is 1.50 bits per heavy atom. The van der Waals surface area contributed by atoms with Crippen LogP contribution in [-0.2, 0) is 4.79 Å². The molecule has 0 amide bonds. The topological polar surface area (TPSA) is 17.1 Å². The molecule has 0 aromatic heterocycles. The number of ketones is 1. The zero-order valence-corrected chi connectivity index (χ0v) is 8.31. The summed E-state index contributed by atoms with van der Waals surface area (Å²) in [5, 5.41) is 0. The Morgan fingerprint density at radius 2 is 2.17 bits per heavy atom. The highest BCUT2D eigenvalue weighted by Gasteiger charge is 2.23. The van der Waals surface area contributed by atoms with Crippen molar-refractivity contribution in [1.82, 2.24) is 0 Å². The van der Waals surface area contributed by atoms with E-state index in [1.54, 1.807) is 0 Å². The van der Waals surface area contributed by atoms with E-state index in [1.165, 1.54) is 19.3 Å². The van der Waals surface area contributed by atoms with Gasteiger partial charge < -0.3 is 0 Å². The van der Waals surface area contributed by atoms with Crippen LogP contribution in [-0.4, -0.2) is 5.78 Å². The van der Waals surface area contributed by atoms with Crippen LogP contribution < -0.4 is 0 Å². The fraction of sp³-hybridized carbons (Fsp3) is 0.909. The SMILES string of the molecule is CCC(=O)CCC(C)C1CCC1. The smallest absolute Gasteiger partial charge is 0.132 e. The van der Waals surface area contributed by atoms with Crippen molar-refractivity contribution in [2.24, 2.45) is 11.8 Å². The molecule has 1 unspecified atom stereocenters. The highest BCUT2D eigenvalue weighted by atomic mass is 16.1. The van der Waals surface area contributed by atoms with Crippen LogP contribution in [0, 0.1) is 11.8 Å². The van der Waals surface area contributed by atoms with E-state index < -0.39 is 0 Å². The van der Waals surface area contributed by atoms with Crippen LogP contribution in [0.25, 0.3) is 0 Å². The quantitative estimate of drug-likeness (QED) is 0.616. The Bertz CT molecular complexity index is 147. The summed E-state index contributed by atoms with van der Waals surface area (Å²) in [4.78, 5) is 11.0. The van der Waals surface area contributed by atoms with Crippen molar-refractivity contribution < 1.29 is 4.79 Å². The zero-order valence-electron chi connectivity index (χ0n) is 8.31. The lowest BCUT2D eigenvalue weighted by atomic mass is 9.75. The fourth-order valence-electron chi connectivity index (χ4n) is 1.81. The van der Waals surface area contributed by atoms with Crippen molar-refractivity contribution in [3.63, 3.8) is 0 Å². The van der Waals surface area contributed by atoms with Gasteiger partial charge >= 0.3 is 0 Å². The minimum atomic E-state index is 0.432. The maximum atomic E-state index is 11.0. The summed E-state index contributed by atoms with van der Waals surface area (Å²) in [6, 6.07) is 0. The molecule has 70 valence electrons. The standard InChI is InChI=1S/C11H20O/c1-3-11(12)8-7-9(2)10-5-4-6-10/h9-10H,3-8H2,1-2H3. The molecule has 0 aromatic carbocycles. The molecule has 1 atom stereocenters. The number of Topliss-reactive ketones (excluding diaryl/α,β-unsaturated/α-hetero) is 1. The van der Waals surface area contributed by atoms with Gasteiger partial charge in [-0.2, -0.15) is 0 Å². The fourth-order valence-corrected chi connectivity index (χ4v) is 1.81. The molecule has 0 heterocycles. The molecule has 0 N–H and O–H groups in total. The second-order valence-corrected chi connectivity index (χ2v) is 4.10. The van der Waals surface area contributed by atoms with E-state index in [4.69, 9.17) is 0 Å². The monoisotopic (exact) mass is 168 g/mol. The molecule has 1 saturated carbocycles. The molecule has 1 nitrogen and oxygen atoms in total. The maximum absolute atomic E-state index is 11.0. The lowest BCUT2D eigenvalue weighted by Gasteiger charge is -2.31. The van der Waals surface area contributed by atoms with Crippen LogP contribution in [0.5, 0.6) is 0 Å². The first-order valence-corrected chi connectivity index (χ1v) is 5.25. The Labute approximate surface area is 75.5 Å². The summed E-state index contributed by atoms with van der Waals surface area (Å²) in [7, 11) is 0. The molecule has 0 saturated heterocycles. The second-order valence-electron chi connectivity index (χ2n) is 4.10. The summed E-state index contributed by atoms with van der Waals surface area (Å²) < 4.78 is 0. The molecule has 1 aliphatic carbocycles. The van der Waals surface area contributed by atoms with Gasteiger partial charge in [0.25, 0.3) is 0 Å². The van der Waals surface area contributed by atoms with Crippen LogP contribution in [0.2, 0.25) is 0 Å². The third-order valence-corrected chi connectivity index (χ3v) is 3.23. The molecule has 12 heavy (non-hydrogen) atoms. The first-order chi connectivity index (χ1) is 5.74. The second kappa shape index (κ2) is 4.64. The molecule has 0 spiro atoms. The third-order valence-electron chi connectivity index (χ3n) is 3.23. The van der Waals surface area contributed by atoms with Crippen molar-refractivity contribution >= 4 is 5.78 Å². The molecule has 1 aliphatic rings. The summed E-state index contributed by atoms with van der Waals surface area (Å²) in [5.41, 5.74) is 0. The summed E-state index contributed by atoms with van der Waals surface area (Å²) in [5.74, 6) is 2.16. The zero-order chi connectivity index (χ0) is 8.97. The Morgan fingerprint density at radius 3 is 2.58 bits per heavy atom. The number of hydrogen-bond donors (Lipinski definition) is 0. The summed E-state index contributed by atoms with van der Waals surface area (Å²) in [6.45, 7) is 4.25. The molecule has 1 fully saturated rings. The van der Waals surface area contributed by atoms with E-state index in [0.717, 1.165) is 31.1 Å². The Hall–Kier alpha value is -0.330. The first-order valence-electron chi connectivity index (χ1n) is 5.25. The molecular formula is C11H20O. The van der Waals surface area contributed by atoms with Gasteiger partial charge in [-0.3, -0.25) is 4.79 Å². The number of carbonyl (C=O) groups is 1. The lowest BCUT2D eigenvalue weighted by Crippen LogP contribution is -2.20. The van der Waals surface area contributed by atoms with Crippen LogP contribution >= 0.6 is 0 Å². The predicted octanol–water partition coefficient (Wildman–Crippen LogP) is 3.18. The average molecular weight is 168 g/mol. The molecule has 1 heteroatoms. The average Bonchev–Trinajstić information content (AvgIpc) is 1.97. The van der Waals surface area contributed by atoms with Gasteiger partial charge in [0, 0.05) is 12.8 Å². The number of carbonyl (C=O) groups excluding carboxylic acids is 1. The van der Waals surface area contributed by atoms with Gasteiger partial charge in [-0.15, -0.1) is 0 Å². The van der Waals surface area contributed by atoms with Crippen LogP contribution in [0.4, 0.5) is 0 Å². The van der Waals surface area contributed by atoms with Crippen LogP contribution in [0.15, 0.2) is 0 Å². The minimum Gasteiger partial charge on any atom is -0.300 e. The van der Waals surface area contributed by atoms with Gasteiger partial charge in [-0.05, 0) is 18.3 Å². The van der Waals surface area contributed by atoms with Gasteiger partial charge in [0.1, 0.15) is 5.78 Å². The normalized spacial score (nSPS) is 20.2. The van der Waals surface area contributed by atoms with Crippen molar-refractivity contribution in [1.29, 1.82) is 0 Å². The van der Waals surface area contributed by atoms with Gasteiger partial charge in [0.05, 0.1) is 0 Å². The van der Waals surface area contributed by atoms with E-state index in [1.807, 2.05) is 6.92 Å². The van der Waals surface area contributed by atoms with Gasteiger partial charge in [0.15, 0.2) is 0 Å². The minimum absolute atomic E-state index is 0.432. The Balaban J connectivity index is 2.09. The van der Waals surface area contributed by atoms with E-state index in [-0.39, 0.29) is 0 Å². The molecule has 0 bridgehead atoms. The van der Waals surface area contributed by atoms with E-state index in [2.05, 4.69) is 6.92 Å². The van der Waals surface area contributed by atoms with E-state index in [9.17, 15) is 4.79 Å². The molecule has 1 rings (SSSR count). The summed E-state index contributed by atoms with van der Waals surface area (Å²) in [6.07, 6.45) is 6.88. The summed E-state index contributed by atoms with van der Waals surface area (Å²) >= 11 is 0. The molecule has 0 aromatic rings. The van der Waals surface area contributed by atoms with Crippen molar-refractivity contribution in [3.05, 3.63) is 0 Å². The van der Waals surface area contributed by atoms with Gasteiger partial charge in [-0.25, -0.2) is 0 Å². The highest BCUT2D eigenvalue weighted by Crippen LogP contribution is 2.35. The van der Waals surface area contributed by atoms with Crippen LogP contribution in [0.3, 0.4) is 0 Å². The third kappa shape index (κ3) is 2.62. The van der Waals surface area contributed by atoms with Gasteiger partial charge in [-0.1, -0.05) is 33.1 Å². The molecular weight excluding hydrogens is 148 g/mol. The maximum Gasteiger partial charge on any atom is 0.132 e. The van der Waals surface area contributed by atoms with Gasteiger partial charge in [0.2, 0.25) is 0 Å². The van der Waals surface area contributed by atoms with Crippen molar-refractivity contribution in [3.8, 4) is 0 Å². The number of rotatable bonds is 5. The predicted molar refractivity (Wildman–Crippen MR) is 51.0 cm³/mol. The first kappa shape index (κ1) is 9.76. The lowest BCUT2D eigenvalue weighted by molar-refractivity contribution is -0.119. The Kier molecular flexibility index (Phi) is 3.77. The van der Waals surface area contributed by atoms with E-state index in [0.29, 0.717) is 5.78 Å². The number of hydrogen-bond acceptors (Lipinski definition) is 1. The largest absolute Gasteiger partial charge is 0.300 e. The molecule has 0 radical (unpaired) electrons. The van der Waals surface area contributed by atoms with E-state index >= 15 is 0 Å².